The number of benzene rings is 8. The summed E-state index contributed by atoms with van der Waals surface area (Å²) in [6.45, 7) is 7.28. The Morgan fingerprint density at radius 1 is 0.333 bits per heavy atom. The molecule has 8 aromatic carbocycles. The summed E-state index contributed by atoms with van der Waals surface area (Å²) in [6, 6.07) is 86.5. The molecular weight excluding hydrogens is 906 g/mol. The summed E-state index contributed by atoms with van der Waals surface area (Å²) >= 11 is 0. The quantitative estimate of drug-likeness (QED) is 0.0728. The Labute approximate surface area is 358 Å². The molecule has 0 bridgehead atoms. The van der Waals surface area contributed by atoms with Crippen molar-refractivity contribution in [3.8, 4) is 0 Å². The number of allylic oxidation sites excluding steroid dienone is 2. The maximum Gasteiger partial charge on any atom is 2.00 e. The minimum atomic E-state index is -0.446. The van der Waals surface area contributed by atoms with Crippen LogP contribution in [0.1, 0.15) is 11.1 Å². The fourth-order valence-electron chi connectivity index (χ4n) is 5.81. The third kappa shape index (κ3) is 15.3. The van der Waals surface area contributed by atoms with Crippen LogP contribution in [0, 0.1) is 12.1 Å². The van der Waals surface area contributed by atoms with E-state index in [1.807, 2.05) is 48.6 Å². The molecule has 0 nitrogen and oxygen atoms in total. The third-order valence-electron chi connectivity index (χ3n) is 8.39. The summed E-state index contributed by atoms with van der Waals surface area (Å²) in [5, 5.41) is 8.39. The fourth-order valence-corrected chi connectivity index (χ4v) is 10.4. The first-order valence-electron chi connectivity index (χ1n) is 18.8. The second-order valence-corrected chi connectivity index (χ2v) is 16.9. The standard InChI is InChI=1S/2C18H15P.2C9H9.Pt/c2*1-4-10-16(11-5-1)19(17-12-6-2-7-13-17)18-14-8-3-9-15-18;2*1-2-6-9-7-4-3-5-8-9;/h2*1-15H;2*2-4,7-8H,1,6H2;/q;;2*-1;+2. The summed E-state index contributed by atoms with van der Waals surface area (Å²) in [7, 11) is -0.892. The summed E-state index contributed by atoms with van der Waals surface area (Å²) in [6.07, 6.45) is 5.67. The molecule has 0 N–H and O–H groups in total. The Kier molecular flexibility index (Phi) is 20.8. The van der Waals surface area contributed by atoms with Crippen molar-refractivity contribution in [1.82, 2.24) is 0 Å². The van der Waals surface area contributed by atoms with E-state index in [0.29, 0.717) is 0 Å². The van der Waals surface area contributed by atoms with E-state index in [0.717, 1.165) is 12.8 Å². The van der Waals surface area contributed by atoms with Gasteiger partial charge >= 0.3 is 21.1 Å². The first-order valence-corrected chi connectivity index (χ1v) is 21.5. The average molecular weight is 954 g/mol. The van der Waals surface area contributed by atoms with Gasteiger partial charge < -0.3 is 0 Å². The Hall–Kier alpha value is -5.21. The van der Waals surface area contributed by atoms with Crippen molar-refractivity contribution in [2.24, 2.45) is 0 Å². The topological polar surface area (TPSA) is 0 Å². The zero-order valence-corrected chi connectivity index (χ0v) is 36.2. The van der Waals surface area contributed by atoms with Crippen molar-refractivity contribution >= 4 is 47.7 Å². The molecule has 0 amide bonds. The largest absolute Gasteiger partial charge is 2.00 e. The Morgan fingerprint density at radius 3 is 0.737 bits per heavy atom. The van der Waals surface area contributed by atoms with E-state index in [4.69, 9.17) is 0 Å². The SMILES string of the molecule is C=CCc1c[c-]ccc1.C=CCc1c[c-]ccc1.[Pt+2].c1ccc(P(c2ccccc2)c2ccccc2)cc1.c1ccc(P(c2ccccc2)c2ccccc2)cc1. The monoisotopic (exact) mass is 953 g/mol. The first kappa shape index (κ1) is 44.5. The molecule has 0 aliphatic rings. The van der Waals surface area contributed by atoms with Crippen molar-refractivity contribution in [2.75, 3.05) is 0 Å². The van der Waals surface area contributed by atoms with Gasteiger partial charge in [0.05, 0.1) is 0 Å². The molecule has 57 heavy (non-hydrogen) atoms. The summed E-state index contributed by atoms with van der Waals surface area (Å²) in [4.78, 5) is 0. The summed E-state index contributed by atoms with van der Waals surface area (Å²) in [5.41, 5.74) is 2.54. The number of rotatable bonds is 10. The first-order chi connectivity index (χ1) is 27.8. The molecule has 0 fully saturated rings. The van der Waals surface area contributed by atoms with Crippen molar-refractivity contribution in [2.45, 2.75) is 12.8 Å². The van der Waals surface area contributed by atoms with Crippen molar-refractivity contribution in [3.05, 3.63) is 279 Å². The van der Waals surface area contributed by atoms with Crippen LogP contribution in [0.2, 0.25) is 0 Å². The maximum atomic E-state index is 3.64. The van der Waals surface area contributed by atoms with Gasteiger partial charge in [0, 0.05) is 0 Å². The molecule has 0 aliphatic heterocycles. The number of hydrogen-bond acceptors (Lipinski definition) is 0. The van der Waals surface area contributed by atoms with Crippen LogP contribution >= 0.6 is 15.8 Å². The zero-order chi connectivity index (χ0) is 38.9. The molecular formula is C54H48P2Pt. The van der Waals surface area contributed by atoms with Crippen LogP contribution in [0.15, 0.2) is 256 Å². The Balaban J connectivity index is 0.000000178. The van der Waals surface area contributed by atoms with E-state index < -0.39 is 15.8 Å². The van der Waals surface area contributed by atoms with E-state index in [1.54, 1.807) is 0 Å². The smallest absolute Gasteiger partial charge is 0.184 e. The maximum absolute atomic E-state index is 3.64. The second kappa shape index (κ2) is 26.6. The predicted octanol–water partition coefficient (Wildman–Crippen LogP) is 11.3. The molecule has 0 aliphatic carbocycles. The van der Waals surface area contributed by atoms with Crippen molar-refractivity contribution in [1.29, 1.82) is 0 Å². The van der Waals surface area contributed by atoms with E-state index in [9.17, 15) is 0 Å². The summed E-state index contributed by atoms with van der Waals surface area (Å²) < 4.78 is 0. The molecule has 0 atom stereocenters. The van der Waals surface area contributed by atoms with E-state index in [1.165, 1.54) is 43.0 Å². The molecule has 0 saturated carbocycles. The van der Waals surface area contributed by atoms with Gasteiger partial charge in [-0.2, -0.15) is 71.8 Å². The van der Waals surface area contributed by atoms with E-state index in [2.05, 4.69) is 219 Å². The zero-order valence-electron chi connectivity index (χ0n) is 32.1. The molecule has 0 heterocycles. The molecule has 0 aromatic heterocycles. The minimum absolute atomic E-state index is 0. The van der Waals surface area contributed by atoms with Crippen LogP contribution in [0.25, 0.3) is 0 Å². The molecule has 8 rings (SSSR count). The normalized spacial score (nSPS) is 9.86. The molecule has 3 heteroatoms. The van der Waals surface area contributed by atoms with Gasteiger partial charge in [0.15, 0.2) is 0 Å². The van der Waals surface area contributed by atoms with E-state index in [-0.39, 0.29) is 21.1 Å². The van der Waals surface area contributed by atoms with Gasteiger partial charge in [-0.3, -0.25) is 0 Å². The van der Waals surface area contributed by atoms with Gasteiger partial charge in [-0.15, -0.1) is 13.2 Å². The molecule has 284 valence electrons. The average Bonchev–Trinajstić information content (AvgIpc) is 3.28. The van der Waals surface area contributed by atoms with E-state index >= 15 is 0 Å². The van der Waals surface area contributed by atoms with Gasteiger partial charge in [0.2, 0.25) is 0 Å². The van der Waals surface area contributed by atoms with Gasteiger partial charge in [-0.1, -0.05) is 207 Å². The van der Waals surface area contributed by atoms with Crippen LogP contribution in [0.5, 0.6) is 0 Å². The van der Waals surface area contributed by atoms with Gasteiger partial charge in [-0.05, 0) is 47.7 Å². The molecule has 0 unspecified atom stereocenters. The summed E-state index contributed by atoms with van der Waals surface area (Å²) in [5.74, 6) is 0. The van der Waals surface area contributed by atoms with Crippen LogP contribution in [-0.2, 0) is 33.9 Å². The Morgan fingerprint density at radius 2 is 0.561 bits per heavy atom. The minimum Gasteiger partial charge on any atom is -0.184 e. The fraction of sp³-hybridized carbons (Fsp3) is 0.0370. The third-order valence-corrected chi connectivity index (χ3v) is 13.3. The van der Waals surface area contributed by atoms with Crippen molar-refractivity contribution in [3.63, 3.8) is 0 Å². The second-order valence-electron chi connectivity index (χ2n) is 12.5. The van der Waals surface area contributed by atoms with Gasteiger partial charge in [-0.25, -0.2) is 0 Å². The van der Waals surface area contributed by atoms with Crippen LogP contribution in [0.3, 0.4) is 0 Å². The van der Waals surface area contributed by atoms with Gasteiger partial charge in [0.25, 0.3) is 0 Å². The predicted molar refractivity (Wildman–Crippen MR) is 249 cm³/mol. The molecule has 0 saturated heterocycles. The van der Waals surface area contributed by atoms with Crippen LogP contribution in [-0.4, -0.2) is 0 Å². The molecule has 8 aromatic rings. The molecule has 0 radical (unpaired) electrons. The molecule has 0 spiro atoms. The van der Waals surface area contributed by atoms with Crippen LogP contribution in [0.4, 0.5) is 0 Å². The number of hydrogen-bond donors (Lipinski definition) is 0. The van der Waals surface area contributed by atoms with Crippen LogP contribution < -0.4 is 31.8 Å². The van der Waals surface area contributed by atoms with Crippen molar-refractivity contribution < 1.29 is 21.1 Å². The Bertz CT molecular complexity index is 1850. The van der Waals surface area contributed by atoms with Gasteiger partial charge in [0.1, 0.15) is 0 Å².